The number of likely N-dealkylation sites (N-methyl/N-ethyl adjacent to an activating group) is 1. The Morgan fingerprint density at radius 2 is 2.25 bits per heavy atom. The molecule has 0 aromatic carbocycles. The van der Waals surface area contributed by atoms with Crippen molar-refractivity contribution in [2.24, 2.45) is 0 Å². The molecule has 0 saturated heterocycles. The van der Waals surface area contributed by atoms with Crippen molar-refractivity contribution in [3.05, 3.63) is 36.3 Å². The molecule has 0 saturated carbocycles. The Labute approximate surface area is 72.4 Å². The maximum absolute atomic E-state index is 10.1. The first-order valence-corrected chi connectivity index (χ1v) is 3.57. The first kappa shape index (κ1) is 10.5. The lowest BCUT2D eigenvalue weighted by atomic mass is 10.3. The average Bonchev–Trinajstić information content (AvgIpc) is 2.07. The molecule has 0 aromatic heterocycles. The van der Waals surface area contributed by atoms with Crippen LogP contribution in [0.5, 0.6) is 0 Å². The van der Waals surface area contributed by atoms with Crippen molar-refractivity contribution in [3.8, 4) is 0 Å². The number of hydrogen-bond acceptors (Lipinski definition) is 3. The molecule has 0 spiro atoms. The van der Waals surface area contributed by atoms with E-state index in [0.29, 0.717) is 12.2 Å². The third-order valence-corrected chi connectivity index (χ3v) is 1.27. The summed E-state index contributed by atoms with van der Waals surface area (Å²) >= 11 is 0. The highest BCUT2D eigenvalue weighted by molar-refractivity contribution is 5.44. The molecule has 0 rings (SSSR count). The minimum atomic E-state index is 0.385. The monoisotopic (exact) mass is 167 g/mol. The van der Waals surface area contributed by atoms with E-state index in [-0.39, 0.29) is 0 Å². The first-order valence-electron chi connectivity index (χ1n) is 3.57. The maximum atomic E-state index is 10.1. The fourth-order valence-electron chi connectivity index (χ4n) is 0.761. The number of rotatable bonds is 5. The van der Waals surface area contributed by atoms with Crippen LogP contribution in [0.4, 0.5) is 0 Å². The summed E-state index contributed by atoms with van der Waals surface area (Å²) in [6, 6.07) is 0. The molecule has 66 valence electrons. The summed E-state index contributed by atoms with van der Waals surface area (Å²) in [5.41, 5.74) is 0.752. The van der Waals surface area contributed by atoms with E-state index in [4.69, 9.17) is 4.74 Å². The molecule has 0 radical (unpaired) electrons. The Bertz CT molecular complexity index is 217. The van der Waals surface area contributed by atoms with Crippen molar-refractivity contribution in [1.82, 2.24) is 5.32 Å². The molecule has 0 fully saturated rings. The molecule has 0 heterocycles. The van der Waals surface area contributed by atoms with Gasteiger partial charge in [0.15, 0.2) is 5.76 Å². The zero-order valence-corrected chi connectivity index (χ0v) is 7.33. The van der Waals surface area contributed by atoms with Crippen LogP contribution < -0.4 is 5.32 Å². The second-order valence-electron chi connectivity index (χ2n) is 1.93. The SMILES string of the molecule is C=C/C=C(OC=O)\C(=C/C)NC. The van der Waals surface area contributed by atoms with Gasteiger partial charge in [0.05, 0.1) is 5.70 Å². The van der Waals surface area contributed by atoms with Crippen LogP contribution in [0.3, 0.4) is 0 Å². The van der Waals surface area contributed by atoms with Gasteiger partial charge >= 0.3 is 0 Å². The van der Waals surface area contributed by atoms with Crippen LogP contribution in [0, 0.1) is 0 Å². The second-order valence-corrected chi connectivity index (χ2v) is 1.93. The Morgan fingerprint density at radius 1 is 1.58 bits per heavy atom. The summed E-state index contributed by atoms with van der Waals surface area (Å²) in [6.45, 7) is 5.74. The molecule has 3 heteroatoms. The second kappa shape index (κ2) is 6.22. The molecule has 0 aliphatic heterocycles. The summed E-state index contributed by atoms with van der Waals surface area (Å²) in [5, 5.41) is 2.88. The summed E-state index contributed by atoms with van der Waals surface area (Å²) in [6.07, 6.45) is 4.97. The van der Waals surface area contributed by atoms with Gasteiger partial charge in [-0.1, -0.05) is 18.7 Å². The van der Waals surface area contributed by atoms with E-state index < -0.39 is 0 Å². The minimum absolute atomic E-state index is 0.385. The summed E-state index contributed by atoms with van der Waals surface area (Å²) in [4.78, 5) is 10.1. The third-order valence-electron chi connectivity index (χ3n) is 1.27. The number of ether oxygens (including phenoxy) is 1. The van der Waals surface area contributed by atoms with Crippen molar-refractivity contribution in [1.29, 1.82) is 0 Å². The van der Waals surface area contributed by atoms with E-state index in [0.717, 1.165) is 5.70 Å². The number of carbonyl (C=O) groups excluding carboxylic acids is 1. The van der Waals surface area contributed by atoms with E-state index in [1.807, 2.05) is 6.92 Å². The van der Waals surface area contributed by atoms with Gasteiger partial charge in [0.2, 0.25) is 0 Å². The van der Waals surface area contributed by atoms with Crippen LogP contribution in [0.2, 0.25) is 0 Å². The lowest BCUT2D eigenvalue weighted by molar-refractivity contribution is -0.124. The molecular weight excluding hydrogens is 154 g/mol. The van der Waals surface area contributed by atoms with E-state index in [1.54, 1.807) is 25.3 Å². The Balaban J connectivity index is 4.59. The van der Waals surface area contributed by atoms with Crippen molar-refractivity contribution < 1.29 is 9.53 Å². The van der Waals surface area contributed by atoms with Crippen LogP contribution in [0.1, 0.15) is 6.92 Å². The highest BCUT2D eigenvalue weighted by Crippen LogP contribution is 2.06. The van der Waals surface area contributed by atoms with Gasteiger partial charge in [-0.25, -0.2) is 0 Å². The third kappa shape index (κ3) is 3.05. The van der Waals surface area contributed by atoms with Crippen molar-refractivity contribution in [2.75, 3.05) is 7.05 Å². The van der Waals surface area contributed by atoms with Gasteiger partial charge in [0.25, 0.3) is 6.47 Å². The van der Waals surface area contributed by atoms with E-state index in [9.17, 15) is 4.79 Å². The fourth-order valence-corrected chi connectivity index (χ4v) is 0.761. The number of allylic oxidation sites excluding steroid dienone is 3. The van der Waals surface area contributed by atoms with Crippen molar-refractivity contribution in [2.45, 2.75) is 6.92 Å². The lowest BCUT2D eigenvalue weighted by Gasteiger charge is -2.07. The van der Waals surface area contributed by atoms with Gasteiger partial charge in [0.1, 0.15) is 0 Å². The van der Waals surface area contributed by atoms with Crippen molar-refractivity contribution in [3.63, 3.8) is 0 Å². The first-order chi connectivity index (χ1) is 5.79. The number of hydrogen-bond donors (Lipinski definition) is 1. The molecule has 0 aromatic rings. The van der Waals surface area contributed by atoms with Gasteiger partial charge < -0.3 is 10.1 Å². The molecule has 0 aliphatic carbocycles. The molecule has 0 unspecified atom stereocenters. The molecule has 3 nitrogen and oxygen atoms in total. The zero-order valence-electron chi connectivity index (χ0n) is 7.33. The molecule has 12 heavy (non-hydrogen) atoms. The molecular formula is C9H13NO2. The summed E-state index contributed by atoms with van der Waals surface area (Å²) < 4.78 is 4.70. The molecule has 0 bridgehead atoms. The minimum Gasteiger partial charge on any atom is -0.427 e. The quantitative estimate of drug-likeness (QED) is 0.381. The Hall–Kier alpha value is -1.51. The topological polar surface area (TPSA) is 38.3 Å². The number of carbonyl (C=O) groups is 1. The van der Waals surface area contributed by atoms with E-state index in [2.05, 4.69) is 11.9 Å². The normalized spacial score (nSPS) is 12.2. The zero-order chi connectivity index (χ0) is 9.40. The van der Waals surface area contributed by atoms with Gasteiger partial charge in [0, 0.05) is 7.05 Å². The van der Waals surface area contributed by atoms with Gasteiger partial charge in [-0.05, 0) is 13.0 Å². The largest absolute Gasteiger partial charge is 0.427 e. The van der Waals surface area contributed by atoms with Gasteiger partial charge in [-0.3, -0.25) is 4.79 Å². The van der Waals surface area contributed by atoms with Crippen LogP contribution >= 0.6 is 0 Å². The predicted octanol–water partition coefficient (Wildman–Crippen LogP) is 1.35. The summed E-state index contributed by atoms with van der Waals surface area (Å²) in [7, 11) is 1.75. The highest BCUT2D eigenvalue weighted by atomic mass is 16.5. The van der Waals surface area contributed by atoms with E-state index >= 15 is 0 Å². The predicted molar refractivity (Wildman–Crippen MR) is 48.2 cm³/mol. The maximum Gasteiger partial charge on any atom is 0.298 e. The van der Waals surface area contributed by atoms with Gasteiger partial charge in [-0.2, -0.15) is 0 Å². The smallest absolute Gasteiger partial charge is 0.298 e. The molecule has 0 atom stereocenters. The summed E-state index contributed by atoms with van der Waals surface area (Å²) in [5.74, 6) is 0.463. The van der Waals surface area contributed by atoms with Gasteiger partial charge in [-0.15, -0.1) is 0 Å². The Morgan fingerprint density at radius 3 is 2.58 bits per heavy atom. The molecule has 0 amide bonds. The van der Waals surface area contributed by atoms with E-state index in [1.165, 1.54) is 0 Å². The standard InChI is InChI=1S/C9H13NO2/c1-4-6-9(12-7-11)8(5-2)10-3/h4-7,10H,1H2,2-3H3/b8-5+,9-6+. The Kier molecular flexibility index (Phi) is 5.43. The molecule has 0 aliphatic rings. The molecule has 1 N–H and O–H groups in total. The van der Waals surface area contributed by atoms with Crippen LogP contribution in [-0.2, 0) is 9.53 Å². The van der Waals surface area contributed by atoms with Crippen LogP contribution in [0.25, 0.3) is 0 Å². The lowest BCUT2D eigenvalue weighted by Crippen LogP contribution is -2.09. The number of nitrogens with one attached hydrogen (secondary N) is 1. The van der Waals surface area contributed by atoms with Crippen molar-refractivity contribution >= 4 is 6.47 Å². The van der Waals surface area contributed by atoms with Crippen LogP contribution in [0.15, 0.2) is 36.3 Å². The average molecular weight is 167 g/mol. The highest BCUT2D eigenvalue weighted by Gasteiger charge is 2.00. The fraction of sp³-hybridized carbons (Fsp3) is 0.222. The van der Waals surface area contributed by atoms with Crippen LogP contribution in [-0.4, -0.2) is 13.5 Å².